The summed E-state index contributed by atoms with van der Waals surface area (Å²) in [6, 6.07) is 0.474. The van der Waals surface area contributed by atoms with Crippen LogP contribution in [-0.2, 0) is 4.74 Å². The number of rotatable bonds is 1. The van der Waals surface area contributed by atoms with Gasteiger partial charge in [0.05, 0.1) is 12.1 Å². The van der Waals surface area contributed by atoms with Crippen molar-refractivity contribution in [2.75, 3.05) is 7.11 Å². The molecule has 2 rings (SSSR count). The summed E-state index contributed by atoms with van der Waals surface area (Å²) in [4.78, 5) is 4.38. The van der Waals surface area contributed by atoms with Crippen molar-refractivity contribution in [2.45, 2.75) is 36.7 Å². The molecule has 3 atom stereocenters. The van der Waals surface area contributed by atoms with Gasteiger partial charge in [0.15, 0.2) is 5.17 Å². The number of fused-ring (bicyclic) bond motifs is 1. The molecule has 1 aliphatic carbocycles. The highest BCUT2D eigenvalue weighted by Crippen LogP contribution is 2.36. The maximum atomic E-state index is 5.65. The van der Waals surface area contributed by atoms with Crippen LogP contribution in [0.1, 0.15) is 19.3 Å². The number of nitrogens with zero attached hydrogens (tertiary/aromatic N) is 1. The second kappa shape index (κ2) is 3.26. The SMILES string of the molecule is CO[C@@H]1CC[C@@H]2N=C(N)S[C@H]2C1. The van der Waals surface area contributed by atoms with Crippen LogP contribution in [0.2, 0.25) is 0 Å². The van der Waals surface area contributed by atoms with Crippen LogP contribution < -0.4 is 5.73 Å². The van der Waals surface area contributed by atoms with Crippen LogP contribution in [0.25, 0.3) is 0 Å². The molecule has 4 heteroatoms. The van der Waals surface area contributed by atoms with Crippen molar-refractivity contribution in [3.05, 3.63) is 0 Å². The van der Waals surface area contributed by atoms with E-state index in [1.807, 2.05) is 0 Å². The van der Waals surface area contributed by atoms with Gasteiger partial charge in [-0.1, -0.05) is 11.8 Å². The van der Waals surface area contributed by atoms with Gasteiger partial charge < -0.3 is 10.5 Å². The minimum atomic E-state index is 0.430. The summed E-state index contributed by atoms with van der Waals surface area (Å²) < 4.78 is 5.33. The van der Waals surface area contributed by atoms with Crippen LogP contribution in [0, 0.1) is 0 Å². The fraction of sp³-hybridized carbons (Fsp3) is 0.875. The molecule has 3 nitrogen and oxygen atoms in total. The van der Waals surface area contributed by atoms with Crippen molar-refractivity contribution < 1.29 is 4.74 Å². The lowest BCUT2D eigenvalue weighted by molar-refractivity contribution is 0.0695. The Morgan fingerprint density at radius 1 is 1.58 bits per heavy atom. The van der Waals surface area contributed by atoms with Gasteiger partial charge in [-0.05, 0) is 19.3 Å². The average molecular weight is 186 g/mol. The van der Waals surface area contributed by atoms with Gasteiger partial charge in [0, 0.05) is 12.4 Å². The number of hydrogen-bond acceptors (Lipinski definition) is 4. The topological polar surface area (TPSA) is 47.6 Å². The summed E-state index contributed by atoms with van der Waals surface area (Å²) in [5.41, 5.74) is 5.65. The molecule has 68 valence electrons. The fourth-order valence-corrected chi connectivity index (χ4v) is 3.09. The Kier molecular flexibility index (Phi) is 2.28. The molecule has 0 spiro atoms. The van der Waals surface area contributed by atoms with Gasteiger partial charge in [-0.15, -0.1) is 0 Å². The van der Waals surface area contributed by atoms with E-state index in [1.165, 1.54) is 0 Å². The third-order valence-electron chi connectivity index (χ3n) is 2.61. The van der Waals surface area contributed by atoms with E-state index in [4.69, 9.17) is 10.5 Å². The lowest BCUT2D eigenvalue weighted by Gasteiger charge is -2.28. The molecule has 1 fully saturated rings. The molecule has 0 aromatic carbocycles. The van der Waals surface area contributed by atoms with Crippen molar-refractivity contribution in [3.8, 4) is 0 Å². The van der Waals surface area contributed by atoms with E-state index in [0.29, 0.717) is 17.4 Å². The molecule has 1 saturated carbocycles. The number of nitrogens with two attached hydrogens (primary N) is 1. The lowest BCUT2D eigenvalue weighted by Crippen LogP contribution is -2.31. The summed E-state index contributed by atoms with van der Waals surface area (Å²) in [7, 11) is 1.79. The number of aliphatic imine (C=N–C) groups is 1. The molecular formula is C8H14N2OS. The Morgan fingerprint density at radius 2 is 2.42 bits per heavy atom. The predicted molar refractivity (Wildman–Crippen MR) is 51.4 cm³/mol. The summed E-state index contributed by atoms with van der Waals surface area (Å²) >= 11 is 1.72. The highest BCUT2D eigenvalue weighted by Gasteiger charge is 2.35. The van der Waals surface area contributed by atoms with Gasteiger partial charge in [0.2, 0.25) is 0 Å². The summed E-state index contributed by atoms with van der Waals surface area (Å²) in [5, 5.41) is 1.35. The van der Waals surface area contributed by atoms with E-state index in [0.717, 1.165) is 24.4 Å². The minimum absolute atomic E-state index is 0.430. The third kappa shape index (κ3) is 1.45. The largest absolute Gasteiger partial charge is 0.381 e. The van der Waals surface area contributed by atoms with Gasteiger partial charge >= 0.3 is 0 Å². The minimum Gasteiger partial charge on any atom is -0.381 e. The summed E-state index contributed by atoms with van der Waals surface area (Å²) in [5.74, 6) is 0. The Morgan fingerprint density at radius 3 is 3.17 bits per heavy atom. The first-order valence-electron chi connectivity index (χ1n) is 4.32. The quantitative estimate of drug-likeness (QED) is 0.664. The van der Waals surface area contributed by atoms with E-state index >= 15 is 0 Å². The number of thioether (sulfide) groups is 1. The van der Waals surface area contributed by atoms with Crippen LogP contribution in [-0.4, -0.2) is 29.7 Å². The molecule has 0 amide bonds. The van der Waals surface area contributed by atoms with Gasteiger partial charge in [-0.2, -0.15) is 0 Å². The van der Waals surface area contributed by atoms with Gasteiger partial charge in [0.1, 0.15) is 0 Å². The summed E-state index contributed by atoms with van der Waals surface area (Å²) in [6.45, 7) is 0. The first-order valence-corrected chi connectivity index (χ1v) is 5.20. The third-order valence-corrected chi connectivity index (χ3v) is 3.76. The smallest absolute Gasteiger partial charge is 0.154 e. The molecule has 1 heterocycles. The van der Waals surface area contributed by atoms with Gasteiger partial charge in [0.25, 0.3) is 0 Å². The zero-order chi connectivity index (χ0) is 8.55. The van der Waals surface area contributed by atoms with E-state index in [-0.39, 0.29) is 0 Å². The Balaban J connectivity index is 1.97. The van der Waals surface area contributed by atoms with E-state index in [2.05, 4.69) is 4.99 Å². The molecule has 1 aliphatic heterocycles. The fourth-order valence-electron chi connectivity index (χ4n) is 1.91. The number of ether oxygens (including phenoxy) is 1. The Labute approximate surface area is 76.8 Å². The zero-order valence-corrected chi connectivity index (χ0v) is 8.01. The average Bonchev–Trinajstić information content (AvgIpc) is 2.43. The molecule has 0 unspecified atom stereocenters. The highest BCUT2D eigenvalue weighted by molar-refractivity contribution is 8.14. The van der Waals surface area contributed by atoms with Crippen molar-refractivity contribution in [2.24, 2.45) is 10.7 Å². The van der Waals surface area contributed by atoms with Crippen molar-refractivity contribution in [1.82, 2.24) is 0 Å². The Hall–Kier alpha value is -0.220. The molecular weight excluding hydrogens is 172 g/mol. The van der Waals surface area contributed by atoms with Crippen LogP contribution in [0.5, 0.6) is 0 Å². The zero-order valence-electron chi connectivity index (χ0n) is 7.19. The standard InChI is InChI=1S/C8H14N2OS/c1-11-5-2-3-6-7(4-5)12-8(9)10-6/h5-7H,2-4H2,1H3,(H2,9,10)/t5-,6+,7+/m1/s1. The predicted octanol–water partition coefficient (Wildman–Crippen LogP) is 0.984. The molecule has 0 radical (unpaired) electrons. The number of methoxy groups -OCH3 is 1. The second-order valence-electron chi connectivity index (χ2n) is 3.36. The van der Waals surface area contributed by atoms with Crippen molar-refractivity contribution in [3.63, 3.8) is 0 Å². The molecule has 2 N–H and O–H groups in total. The summed E-state index contributed by atoms with van der Waals surface area (Å²) in [6.07, 6.45) is 3.81. The molecule has 0 bridgehead atoms. The molecule has 0 saturated heterocycles. The van der Waals surface area contributed by atoms with Crippen LogP contribution in [0.3, 0.4) is 0 Å². The maximum Gasteiger partial charge on any atom is 0.154 e. The van der Waals surface area contributed by atoms with Gasteiger partial charge in [-0.3, -0.25) is 4.99 Å². The second-order valence-corrected chi connectivity index (χ2v) is 4.62. The van der Waals surface area contributed by atoms with Crippen LogP contribution in [0.15, 0.2) is 4.99 Å². The lowest BCUT2D eigenvalue weighted by atomic mass is 9.93. The number of amidine groups is 1. The Bertz CT molecular complexity index is 207. The molecule has 0 aromatic rings. The van der Waals surface area contributed by atoms with Crippen LogP contribution in [0.4, 0.5) is 0 Å². The normalized spacial score (nSPS) is 40.8. The first-order chi connectivity index (χ1) is 5.79. The van der Waals surface area contributed by atoms with E-state index in [1.54, 1.807) is 18.9 Å². The monoisotopic (exact) mass is 186 g/mol. The molecule has 2 aliphatic rings. The van der Waals surface area contributed by atoms with E-state index < -0.39 is 0 Å². The van der Waals surface area contributed by atoms with Crippen molar-refractivity contribution >= 4 is 16.9 Å². The maximum absolute atomic E-state index is 5.65. The highest BCUT2D eigenvalue weighted by atomic mass is 32.2. The van der Waals surface area contributed by atoms with Crippen molar-refractivity contribution in [1.29, 1.82) is 0 Å². The van der Waals surface area contributed by atoms with Crippen LogP contribution >= 0.6 is 11.8 Å². The molecule has 12 heavy (non-hydrogen) atoms. The number of hydrogen-bond donors (Lipinski definition) is 1. The molecule has 0 aromatic heterocycles. The first kappa shape index (κ1) is 8.38. The van der Waals surface area contributed by atoms with E-state index in [9.17, 15) is 0 Å². The van der Waals surface area contributed by atoms with Gasteiger partial charge in [-0.25, -0.2) is 0 Å².